The van der Waals surface area contributed by atoms with E-state index in [1.54, 1.807) is 0 Å². The molecule has 0 radical (unpaired) electrons. The maximum atomic E-state index is 9.80. The Bertz CT molecular complexity index is 386. The molecule has 0 unspecified atom stereocenters. The van der Waals surface area contributed by atoms with Crippen LogP contribution in [0.3, 0.4) is 0 Å². The number of aliphatic hydroxyl groups is 1. The molecule has 0 atom stereocenters. The Kier molecular flexibility index (Phi) is 5.99. The van der Waals surface area contributed by atoms with E-state index in [-0.39, 0.29) is 6.61 Å². The van der Waals surface area contributed by atoms with E-state index in [0.717, 1.165) is 48.1 Å². The molecular weight excluding hydrogens is 228 g/mol. The predicted octanol–water partition coefficient (Wildman–Crippen LogP) is 3.25. The summed E-state index contributed by atoms with van der Waals surface area (Å²) in [6.07, 6.45) is 4.00. The molecule has 1 rings (SSSR count). The van der Waals surface area contributed by atoms with Crippen LogP contribution in [-0.4, -0.2) is 23.4 Å². The van der Waals surface area contributed by atoms with Crippen molar-refractivity contribution in [3.8, 4) is 11.5 Å². The van der Waals surface area contributed by atoms with Crippen molar-refractivity contribution in [2.75, 3.05) is 13.2 Å². The SMILES string of the molecule is Cc1cc(OCCCCCCO)c(C)c(C)c1O. The molecule has 1 aromatic carbocycles. The third kappa shape index (κ3) is 3.91. The number of hydrogen-bond donors (Lipinski definition) is 2. The van der Waals surface area contributed by atoms with Gasteiger partial charge in [0, 0.05) is 6.61 Å². The molecule has 0 aromatic heterocycles. The van der Waals surface area contributed by atoms with Crippen molar-refractivity contribution in [2.24, 2.45) is 0 Å². The van der Waals surface area contributed by atoms with Crippen LogP contribution in [0.25, 0.3) is 0 Å². The first-order valence-corrected chi connectivity index (χ1v) is 6.61. The van der Waals surface area contributed by atoms with E-state index in [1.165, 1.54) is 0 Å². The second-order valence-corrected chi connectivity index (χ2v) is 4.78. The molecule has 0 saturated carbocycles. The first-order valence-electron chi connectivity index (χ1n) is 6.61. The highest BCUT2D eigenvalue weighted by molar-refractivity contribution is 5.51. The summed E-state index contributed by atoms with van der Waals surface area (Å²) in [5.41, 5.74) is 2.76. The van der Waals surface area contributed by atoms with Gasteiger partial charge in [-0.2, -0.15) is 0 Å². The van der Waals surface area contributed by atoms with Gasteiger partial charge < -0.3 is 14.9 Å². The summed E-state index contributed by atoms with van der Waals surface area (Å²) in [6.45, 7) is 6.73. The van der Waals surface area contributed by atoms with Crippen molar-refractivity contribution in [1.29, 1.82) is 0 Å². The summed E-state index contributed by atoms with van der Waals surface area (Å²) < 4.78 is 5.76. The lowest BCUT2D eigenvalue weighted by atomic mass is 10.0. The molecule has 0 bridgehead atoms. The standard InChI is InChI=1S/C15H24O3/c1-11-10-14(12(2)13(3)15(11)17)18-9-7-5-4-6-8-16/h10,16-17H,4-9H2,1-3H3. The molecule has 0 heterocycles. The normalized spacial score (nSPS) is 10.7. The molecule has 0 amide bonds. The van der Waals surface area contributed by atoms with Gasteiger partial charge in [-0.3, -0.25) is 0 Å². The third-order valence-corrected chi connectivity index (χ3v) is 3.32. The van der Waals surface area contributed by atoms with Gasteiger partial charge >= 0.3 is 0 Å². The lowest BCUT2D eigenvalue weighted by Gasteiger charge is -2.14. The zero-order valence-electron chi connectivity index (χ0n) is 11.6. The number of aromatic hydroxyl groups is 1. The smallest absolute Gasteiger partial charge is 0.122 e. The molecule has 1 aromatic rings. The van der Waals surface area contributed by atoms with Crippen LogP contribution < -0.4 is 4.74 Å². The fourth-order valence-corrected chi connectivity index (χ4v) is 1.93. The molecule has 0 saturated heterocycles. The minimum atomic E-state index is 0.274. The van der Waals surface area contributed by atoms with Gasteiger partial charge in [0.1, 0.15) is 11.5 Å². The number of rotatable bonds is 7. The summed E-state index contributed by atoms with van der Waals surface area (Å²) in [4.78, 5) is 0. The number of phenolic OH excluding ortho intramolecular Hbond substituents is 1. The van der Waals surface area contributed by atoms with Crippen LogP contribution in [0.1, 0.15) is 42.4 Å². The highest BCUT2D eigenvalue weighted by Gasteiger charge is 2.09. The van der Waals surface area contributed by atoms with E-state index in [0.29, 0.717) is 12.4 Å². The maximum absolute atomic E-state index is 9.80. The number of unbranched alkanes of at least 4 members (excludes halogenated alkanes) is 3. The fourth-order valence-electron chi connectivity index (χ4n) is 1.93. The van der Waals surface area contributed by atoms with Crippen LogP contribution in [-0.2, 0) is 0 Å². The molecule has 0 fully saturated rings. The Labute approximate surface area is 109 Å². The average Bonchev–Trinajstić information content (AvgIpc) is 2.37. The summed E-state index contributed by atoms with van der Waals surface area (Å²) in [7, 11) is 0. The van der Waals surface area contributed by atoms with Crippen LogP contribution in [0.4, 0.5) is 0 Å². The molecular formula is C15H24O3. The molecule has 2 N–H and O–H groups in total. The first-order chi connectivity index (χ1) is 8.57. The number of aryl methyl sites for hydroxylation is 1. The minimum Gasteiger partial charge on any atom is -0.507 e. The Balaban J connectivity index is 2.48. The summed E-state index contributed by atoms with van der Waals surface area (Å²) in [5.74, 6) is 1.23. The molecule has 0 aliphatic heterocycles. The Hall–Kier alpha value is -1.22. The van der Waals surface area contributed by atoms with Gasteiger partial charge in [-0.05, 0) is 62.8 Å². The van der Waals surface area contributed by atoms with Crippen molar-refractivity contribution in [2.45, 2.75) is 46.5 Å². The monoisotopic (exact) mass is 252 g/mol. The van der Waals surface area contributed by atoms with Crippen LogP contribution in [0, 0.1) is 20.8 Å². The fraction of sp³-hybridized carbons (Fsp3) is 0.600. The van der Waals surface area contributed by atoms with Crippen LogP contribution >= 0.6 is 0 Å². The molecule has 18 heavy (non-hydrogen) atoms. The highest BCUT2D eigenvalue weighted by atomic mass is 16.5. The van der Waals surface area contributed by atoms with Crippen molar-refractivity contribution in [3.05, 3.63) is 22.8 Å². The zero-order chi connectivity index (χ0) is 13.5. The molecule has 3 heteroatoms. The maximum Gasteiger partial charge on any atom is 0.122 e. The predicted molar refractivity (Wildman–Crippen MR) is 73.4 cm³/mol. The molecule has 102 valence electrons. The van der Waals surface area contributed by atoms with Gasteiger partial charge in [-0.25, -0.2) is 0 Å². The number of ether oxygens (including phenoxy) is 1. The molecule has 0 spiro atoms. The lowest BCUT2D eigenvalue weighted by Crippen LogP contribution is -2.01. The van der Waals surface area contributed by atoms with E-state index in [9.17, 15) is 5.11 Å². The number of aliphatic hydroxyl groups excluding tert-OH is 1. The van der Waals surface area contributed by atoms with Crippen LogP contribution in [0.15, 0.2) is 6.07 Å². The van der Waals surface area contributed by atoms with Gasteiger partial charge in [0.25, 0.3) is 0 Å². The summed E-state index contributed by atoms with van der Waals surface area (Å²) in [6, 6.07) is 1.89. The van der Waals surface area contributed by atoms with Gasteiger partial charge in [0.15, 0.2) is 0 Å². The number of hydrogen-bond acceptors (Lipinski definition) is 3. The van der Waals surface area contributed by atoms with Crippen molar-refractivity contribution >= 4 is 0 Å². The topological polar surface area (TPSA) is 49.7 Å². The van der Waals surface area contributed by atoms with Gasteiger partial charge in [-0.15, -0.1) is 0 Å². The first kappa shape index (κ1) is 14.8. The Morgan fingerprint density at radius 2 is 1.67 bits per heavy atom. The van der Waals surface area contributed by atoms with Crippen molar-refractivity contribution < 1.29 is 14.9 Å². The molecule has 3 nitrogen and oxygen atoms in total. The van der Waals surface area contributed by atoms with Crippen molar-refractivity contribution in [1.82, 2.24) is 0 Å². The van der Waals surface area contributed by atoms with E-state index in [2.05, 4.69) is 0 Å². The molecule has 0 aliphatic rings. The molecule has 0 aliphatic carbocycles. The van der Waals surface area contributed by atoms with Gasteiger partial charge in [0.2, 0.25) is 0 Å². The lowest BCUT2D eigenvalue weighted by molar-refractivity contribution is 0.273. The zero-order valence-corrected chi connectivity index (χ0v) is 11.6. The summed E-state index contributed by atoms with van der Waals surface area (Å²) in [5, 5.41) is 18.5. The second-order valence-electron chi connectivity index (χ2n) is 4.78. The van der Waals surface area contributed by atoms with Crippen LogP contribution in [0.5, 0.6) is 11.5 Å². The highest BCUT2D eigenvalue weighted by Crippen LogP contribution is 2.32. The van der Waals surface area contributed by atoms with E-state index in [4.69, 9.17) is 9.84 Å². The number of phenols is 1. The largest absolute Gasteiger partial charge is 0.507 e. The van der Waals surface area contributed by atoms with Crippen molar-refractivity contribution in [3.63, 3.8) is 0 Å². The second kappa shape index (κ2) is 7.27. The Morgan fingerprint density at radius 3 is 2.33 bits per heavy atom. The summed E-state index contributed by atoms with van der Waals surface area (Å²) >= 11 is 0. The van der Waals surface area contributed by atoms with E-state index >= 15 is 0 Å². The minimum absolute atomic E-state index is 0.274. The van der Waals surface area contributed by atoms with Gasteiger partial charge in [0.05, 0.1) is 6.61 Å². The third-order valence-electron chi connectivity index (χ3n) is 3.32. The quantitative estimate of drug-likeness (QED) is 0.732. The van der Waals surface area contributed by atoms with E-state index in [1.807, 2.05) is 26.8 Å². The Morgan fingerprint density at radius 1 is 1.00 bits per heavy atom. The average molecular weight is 252 g/mol. The van der Waals surface area contributed by atoms with Crippen LogP contribution in [0.2, 0.25) is 0 Å². The van der Waals surface area contributed by atoms with E-state index < -0.39 is 0 Å². The van der Waals surface area contributed by atoms with Gasteiger partial charge in [-0.1, -0.05) is 6.42 Å². The number of benzene rings is 1.